The quantitative estimate of drug-likeness (QED) is 0.866. The molecular formula is C15H18N4O. The number of fused-ring (bicyclic) bond motifs is 1. The largest absolute Gasteiger partial charge is 0.399 e. The molecule has 104 valence electrons. The summed E-state index contributed by atoms with van der Waals surface area (Å²) in [7, 11) is 0. The standard InChI is InChI=1S/C15H18N4O/c1-3-19-13(6-10(2)17-19)9-18-14-5-4-12(16)7-11(14)8-15(18)20/h4-7H,3,8-9,16H2,1-2H3. The highest BCUT2D eigenvalue weighted by Crippen LogP contribution is 2.31. The third kappa shape index (κ3) is 2.05. The van der Waals surface area contributed by atoms with Gasteiger partial charge in [0.05, 0.1) is 24.4 Å². The maximum atomic E-state index is 12.2. The highest BCUT2D eigenvalue weighted by Gasteiger charge is 2.28. The Kier molecular flexibility index (Phi) is 2.97. The van der Waals surface area contributed by atoms with Gasteiger partial charge in [-0.25, -0.2) is 0 Å². The van der Waals surface area contributed by atoms with E-state index in [1.54, 1.807) is 0 Å². The number of carbonyl (C=O) groups is 1. The number of benzene rings is 1. The zero-order chi connectivity index (χ0) is 14.3. The van der Waals surface area contributed by atoms with Gasteiger partial charge in [0.1, 0.15) is 0 Å². The van der Waals surface area contributed by atoms with Gasteiger partial charge in [0.15, 0.2) is 0 Å². The first-order valence-corrected chi connectivity index (χ1v) is 6.80. The molecule has 5 heteroatoms. The molecule has 2 N–H and O–H groups in total. The van der Waals surface area contributed by atoms with Crippen LogP contribution >= 0.6 is 0 Å². The van der Waals surface area contributed by atoms with Crippen molar-refractivity contribution in [3.05, 3.63) is 41.2 Å². The highest BCUT2D eigenvalue weighted by molar-refractivity contribution is 6.01. The monoisotopic (exact) mass is 270 g/mol. The lowest BCUT2D eigenvalue weighted by Gasteiger charge is -2.18. The highest BCUT2D eigenvalue weighted by atomic mass is 16.2. The number of aryl methyl sites for hydroxylation is 2. The second kappa shape index (κ2) is 4.67. The molecule has 20 heavy (non-hydrogen) atoms. The van der Waals surface area contributed by atoms with E-state index in [4.69, 9.17) is 5.73 Å². The summed E-state index contributed by atoms with van der Waals surface area (Å²) in [5.74, 6) is 0.118. The van der Waals surface area contributed by atoms with Gasteiger partial charge in [-0.1, -0.05) is 0 Å². The fourth-order valence-corrected chi connectivity index (χ4v) is 2.74. The van der Waals surface area contributed by atoms with Crippen LogP contribution in [-0.2, 0) is 24.3 Å². The van der Waals surface area contributed by atoms with Crippen LogP contribution in [0.3, 0.4) is 0 Å². The number of nitrogens with zero attached hydrogens (tertiary/aromatic N) is 3. The summed E-state index contributed by atoms with van der Waals surface area (Å²) in [6, 6.07) is 7.68. The van der Waals surface area contributed by atoms with Gasteiger partial charge >= 0.3 is 0 Å². The molecule has 2 aromatic rings. The first-order chi connectivity index (χ1) is 9.58. The van der Waals surface area contributed by atoms with Crippen LogP contribution in [0, 0.1) is 6.92 Å². The van der Waals surface area contributed by atoms with E-state index in [1.807, 2.05) is 40.8 Å². The van der Waals surface area contributed by atoms with Crippen LogP contribution < -0.4 is 10.6 Å². The zero-order valence-electron chi connectivity index (χ0n) is 11.8. The molecule has 0 saturated carbocycles. The molecule has 2 heterocycles. The number of aromatic nitrogens is 2. The van der Waals surface area contributed by atoms with Crippen LogP contribution in [0.1, 0.15) is 23.9 Å². The molecule has 1 amide bonds. The van der Waals surface area contributed by atoms with E-state index in [2.05, 4.69) is 12.0 Å². The molecule has 0 spiro atoms. The number of nitrogen functional groups attached to an aromatic ring is 1. The van der Waals surface area contributed by atoms with Gasteiger partial charge in [0.2, 0.25) is 5.91 Å². The minimum atomic E-state index is 0.118. The third-order valence-electron chi connectivity index (χ3n) is 3.64. The Morgan fingerprint density at radius 2 is 2.15 bits per heavy atom. The van der Waals surface area contributed by atoms with Crippen molar-refractivity contribution in [1.29, 1.82) is 0 Å². The fraction of sp³-hybridized carbons (Fsp3) is 0.333. The smallest absolute Gasteiger partial charge is 0.231 e. The number of nitrogens with two attached hydrogens (primary N) is 1. The Hall–Kier alpha value is -2.30. The number of hydrogen-bond acceptors (Lipinski definition) is 3. The molecule has 1 aliphatic heterocycles. The summed E-state index contributed by atoms with van der Waals surface area (Å²) in [5.41, 5.74) is 10.5. The zero-order valence-corrected chi connectivity index (χ0v) is 11.8. The molecule has 0 radical (unpaired) electrons. The van der Waals surface area contributed by atoms with E-state index in [9.17, 15) is 4.79 Å². The minimum absolute atomic E-state index is 0.118. The second-order valence-corrected chi connectivity index (χ2v) is 5.14. The van der Waals surface area contributed by atoms with E-state index in [1.165, 1.54) is 0 Å². The van der Waals surface area contributed by atoms with Crippen LogP contribution in [-0.4, -0.2) is 15.7 Å². The maximum absolute atomic E-state index is 12.2. The molecule has 0 atom stereocenters. The molecule has 0 saturated heterocycles. The molecule has 0 unspecified atom stereocenters. The number of anilines is 2. The van der Waals surface area contributed by atoms with Gasteiger partial charge in [-0.15, -0.1) is 0 Å². The molecule has 1 aromatic heterocycles. The topological polar surface area (TPSA) is 64.2 Å². The summed E-state index contributed by atoms with van der Waals surface area (Å²) in [5, 5.41) is 4.43. The summed E-state index contributed by atoms with van der Waals surface area (Å²) in [6.45, 7) is 5.39. The van der Waals surface area contributed by atoms with Crippen LogP contribution in [0.4, 0.5) is 11.4 Å². The lowest BCUT2D eigenvalue weighted by atomic mass is 10.1. The van der Waals surface area contributed by atoms with Crippen molar-refractivity contribution in [3.8, 4) is 0 Å². The number of carbonyl (C=O) groups excluding carboxylic acids is 1. The van der Waals surface area contributed by atoms with Crippen molar-refractivity contribution in [2.24, 2.45) is 0 Å². The van der Waals surface area contributed by atoms with Gasteiger partial charge in [-0.3, -0.25) is 9.48 Å². The van der Waals surface area contributed by atoms with Crippen molar-refractivity contribution in [3.63, 3.8) is 0 Å². The summed E-state index contributed by atoms with van der Waals surface area (Å²) < 4.78 is 1.94. The van der Waals surface area contributed by atoms with Gasteiger partial charge in [0, 0.05) is 17.9 Å². The molecule has 1 aliphatic rings. The molecular weight excluding hydrogens is 252 g/mol. The van der Waals surface area contributed by atoms with Crippen LogP contribution in [0.25, 0.3) is 0 Å². The van der Waals surface area contributed by atoms with Crippen molar-refractivity contribution in [1.82, 2.24) is 9.78 Å². The Bertz CT molecular complexity index is 675. The Morgan fingerprint density at radius 3 is 2.90 bits per heavy atom. The number of rotatable bonds is 3. The van der Waals surface area contributed by atoms with Crippen molar-refractivity contribution >= 4 is 17.3 Å². The van der Waals surface area contributed by atoms with Crippen LogP contribution in [0.2, 0.25) is 0 Å². The van der Waals surface area contributed by atoms with Gasteiger partial charge < -0.3 is 10.6 Å². The van der Waals surface area contributed by atoms with E-state index in [0.717, 1.165) is 29.2 Å². The number of amides is 1. The first kappa shape index (κ1) is 12.7. The Morgan fingerprint density at radius 1 is 1.35 bits per heavy atom. The van der Waals surface area contributed by atoms with Crippen molar-refractivity contribution in [2.45, 2.75) is 33.4 Å². The summed E-state index contributed by atoms with van der Waals surface area (Å²) >= 11 is 0. The first-order valence-electron chi connectivity index (χ1n) is 6.80. The Balaban J connectivity index is 1.94. The second-order valence-electron chi connectivity index (χ2n) is 5.14. The fourth-order valence-electron chi connectivity index (χ4n) is 2.74. The lowest BCUT2D eigenvalue weighted by molar-refractivity contribution is -0.117. The number of hydrogen-bond donors (Lipinski definition) is 1. The van der Waals surface area contributed by atoms with Crippen molar-refractivity contribution in [2.75, 3.05) is 10.6 Å². The predicted molar refractivity (Wildman–Crippen MR) is 78.4 cm³/mol. The molecule has 3 rings (SSSR count). The average molecular weight is 270 g/mol. The third-order valence-corrected chi connectivity index (χ3v) is 3.64. The molecule has 0 aliphatic carbocycles. The van der Waals surface area contributed by atoms with Gasteiger partial charge in [-0.05, 0) is 43.7 Å². The molecule has 0 fully saturated rings. The van der Waals surface area contributed by atoms with Crippen LogP contribution in [0.15, 0.2) is 24.3 Å². The predicted octanol–water partition coefficient (Wildman–Crippen LogP) is 1.88. The maximum Gasteiger partial charge on any atom is 0.231 e. The van der Waals surface area contributed by atoms with E-state index >= 15 is 0 Å². The summed E-state index contributed by atoms with van der Waals surface area (Å²) in [4.78, 5) is 14.0. The van der Waals surface area contributed by atoms with E-state index in [-0.39, 0.29) is 5.91 Å². The molecule has 0 bridgehead atoms. The minimum Gasteiger partial charge on any atom is -0.399 e. The van der Waals surface area contributed by atoms with Gasteiger partial charge in [-0.2, -0.15) is 5.10 Å². The van der Waals surface area contributed by atoms with Gasteiger partial charge in [0.25, 0.3) is 0 Å². The SMILES string of the molecule is CCn1nc(C)cc1CN1C(=O)Cc2cc(N)ccc21. The summed E-state index contributed by atoms with van der Waals surface area (Å²) in [6.07, 6.45) is 0.430. The van der Waals surface area contributed by atoms with Crippen LogP contribution in [0.5, 0.6) is 0 Å². The lowest BCUT2D eigenvalue weighted by Crippen LogP contribution is -2.27. The Labute approximate surface area is 118 Å². The molecule has 5 nitrogen and oxygen atoms in total. The van der Waals surface area contributed by atoms with E-state index in [0.29, 0.717) is 18.7 Å². The average Bonchev–Trinajstić information content (AvgIpc) is 2.90. The normalized spacial score (nSPS) is 13.9. The van der Waals surface area contributed by atoms with E-state index < -0.39 is 0 Å². The van der Waals surface area contributed by atoms with Crippen molar-refractivity contribution < 1.29 is 4.79 Å². The molecule has 1 aromatic carbocycles.